The number of rotatable bonds is 5. The zero-order chi connectivity index (χ0) is 14.5. The number of carbonyl (C=O) groups is 2. The minimum atomic E-state index is -1.05. The zero-order valence-corrected chi connectivity index (χ0v) is 11.5. The van der Waals surface area contributed by atoms with Crippen molar-refractivity contribution in [1.29, 1.82) is 0 Å². The molecule has 1 heterocycles. The first-order valence-corrected chi connectivity index (χ1v) is 6.68. The topological polar surface area (TPSA) is 70.5 Å². The van der Waals surface area contributed by atoms with Crippen LogP contribution in [0.2, 0.25) is 0 Å². The van der Waals surface area contributed by atoms with Crippen LogP contribution in [0, 0.1) is 5.92 Å². The van der Waals surface area contributed by atoms with E-state index in [4.69, 9.17) is 5.11 Å². The summed E-state index contributed by atoms with van der Waals surface area (Å²) in [5.74, 6) is -0.539. The van der Waals surface area contributed by atoms with Crippen molar-refractivity contribution in [3.8, 4) is 0 Å². The van der Waals surface area contributed by atoms with Crippen LogP contribution in [0.15, 0.2) is 24.5 Å². The van der Waals surface area contributed by atoms with Crippen molar-refractivity contribution in [2.24, 2.45) is 5.92 Å². The molecule has 0 spiro atoms. The molecule has 1 amide bonds. The Bertz CT molecular complexity index is 536. The average Bonchev–Trinajstić information content (AvgIpc) is 2.39. The van der Waals surface area contributed by atoms with Crippen LogP contribution in [0.25, 0.3) is 6.08 Å². The van der Waals surface area contributed by atoms with Gasteiger partial charge in [-0.2, -0.15) is 0 Å². The van der Waals surface area contributed by atoms with E-state index in [1.165, 1.54) is 31.5 Å². The second-order valence-electron chi connectivity index (χ2n) is 5.12. The summed E-state index contributed by atoms with van der Waals surface area (Å²) >= 11 is 0. The largest absolute Gasteiger partial charge is 0.478 e. The van der Waals surface area contributed by atoms with Crippen molar-refractivity contribution >= 4 is 18.0 Å². The van der Waals surface area contributed by atoms with Gasteiger partial charge in [0, 0.05) is 43.2 Å². The van der Waals surface area contributed by atoms with E-state index in [9.17, 15) is 9.59 Å². The van der Waals surface area contributed by atoms with Crippen LogP contribution in [0.4, 0.5) is 0 Å². The van der Waals surface area contributed by atoms with E-state index >= 15 is 0 Å². The molecule has 0 unspecified atom stereocenters. The summed E-state index contributed by atoms with van der Waals surface area (Å²) in [6, 6.07) is 1.63. The van der Waals surface area contributed by atoms with Crippen molar-refractivity contribution in [1.82, 2.24) is 9.88 Å². The maximum Gasteiger partial charge on any atom is 0.328 e. The van der Waals surface area contributed by atoms with E-state index in [0.717, 1.165) is 12.6 Å². The fourth-order valence-corrected chi connectivity index (χ4v) is 2.25. The number of hydrogen-bond acceptors (Lipinski definition) is 3. The average molecular weight is 274 g/mol. The number of carbonyl (C=O) groups excluding carboxylic acids is 1. The van der Waals surface area contributed by atoms with Gasteiger partial charge in [-0.1, -0.05) is 6.42 Å². The smallest absolute Gasteiger partial charge is 0.328 e. The highest BCUT2D eigenvalue weighted by Gasteiger charge is 2.22. The first-order chi connectivity index (χ1) is 9.58. The summed E-state index contributed by atoms with van der Waals surface area (Å²) in [5.41, 5.74) is 1.01. The quantitative estimate of drug-likeness (QED) is 0.834. The number of aliphatic carboxylic acids is 1. The molecule has 106 valence electrons. The number of aromatic nitrogens is 1. The molecule has 0 atom stereocenters. The molecule has 0 aliphatic heterocycles. The highest BCUT2D eigenvalue weighted by molar-refractivity contribution is 5.98. The summed E-state index contributed by atoms with van der Waals surface area (Å²) in [6.07, 6.45) is 9.07. The molecular weight excluding hydrogens is 256 g/mol. The first-order valence-electron chi connectivity index (χ1n) is 6.68. The maximum atomic E-state index is 12.4. The van der Waals surface area contributed by atoms with Crippen LogP contribution in [0.1, 0.15) is 35.2 Å². The molecule has 0 saturated heterocycles. The van der Waals surface area contributed by atoms with E-state index in [0.29, 0.717) is 17.0 Å². The lowest BCUT2D eigenvalue weighted by molar-refractivity contribution is -0.131. The van der Waals surface area contributed by atoms with Gasteiger partial charge >= 0.3 is 5.97 Å². The highest BCUT2D eigenvalue weighted by Crippen LogP contribution is 2.27. The molecular formula is C15H18N2O3. The van der Waals surface area contributed by atoms with Crippen LogP contribution in [0.5, 0.6) is 0 Å². The van der Waals surface area contributed by atoms with Gasteiger partial charge in [0.15, 0.2) is 0 Å². The number of nitrogens with zero attached hydrogens (tertiary/aromatic N) is 2. The molecule has 1 aromatic rings. The highest BCUT2D eigenvalue weighted by atomic mass is 16.4. The minimum Gasteiger partial charge on any atom is -0.478 e. The van der Waals surface area contributed by atoms with Crippen LogP contribution < -0.4 is 0 Å². The third-order valence-corrected chi connectivity index (χ3v) is 3.59. The van der Waals surface area contributed by atoms with Crippen molar-refractivity contribution in [3.05, 3.63) is 35.7 Å². The number of pyridine rings is 1. The summed E-state index contributed by atoms with van der Waals surface area (Å²) in [5, 5.41) is 8.67. The number of carboxylic acid groups (broad SMARTS) is 1. The fraction of sp³-hybridized carbons (Fsp3) is 0.400. The van der Waals surface area contributed by atoms with E-state index in [-0.39, 0.29) is 5.91 Å². The van der Waals surface area contributed by atoms with Gasteiger partial charge in [-0.05, 0) is 30.9 Å². The van der Waals surface area contributed by atoms with E-state index < -0.39 is 5.97 Å². The molecule has 1 fully saturated rings. The maximum absolute atomic E-state index is 12.4. The second-order valence-corrected chi connectivity index (χ2v) is 5.12. The Balaban J connectivity index is 2.13. The van der Waals surface area contributed by atoms with Gasteiger partial charge in [0.1, 0.15) is 0 Å². The fourth-order valence-electron chi connectivity index (χ4n) is 2.25. The van der Waals surface area contributed by atoms with Crippen LogP contribution >= 0.6 is 0 Å². The Morgan fingerprint density at radius 2 is 2.25 bits per heavy atom. The Kier molecular flexibility index (Phi) is 4.50. The van der Waals surface area contributed by atoms with E-state index in [1.807, 2.05) is 0 Å². The molecule has 0 aromatic carbocycles. The third kappa shape index (κ3) is 3.44. The summed E-state index contributed by atoms with van der Waals surface area (Å²) in [7, 11) is 1.78. The third-order valence-electron chi connectivity index (χ3n) is 3.59. The zero-order valence-electron chi connectivity index (χ0n) is 11.5. The van der Waals surface area contributed by atoms with Gasteiger partial charge < -0.3 is 10.0 Å². The lowest BCUT2D eigenvalue weighted by atomic mass is 9.85. The van der Waals surface area contributed by atoms with Gasteiger partial charge in [0.05, 0.1) is 0 Å². The molecule has 1 aliphatic carbocycles. The van der Waals surface area contributed by atoms with Gasteiger partial charge in [-0.3, -0.25) is 9.78 Å². The van der Waals surface area contributed by atoms with Crippen LogP contribution in [-0.2, 0) is 4.79 Å². The monoisotopic (exact) mass is 274 g/mol. The van der Waals surface area contributed by atoms with Crippen LogP contribution in [-0.4, -0.2) is 40.5 Å². The summed E-state index contributed by atoms with van der Waals surface area (Å²) in [4.78, 5) is 28.6. The molecule has 1 aliphatic rings. The van der Waals surface area contributed by atoms with Crippen molar-refractivity contribution in [2.75, 3.05) is 13.6 Å². The van der Waals surface area contributed by atoms with Gasteiger partial charge in [0.25, 0.3) is 5.91 Å². The molecule has 0 bridgehead atoms. The molecule has 1 N–H and O–H groups in total. The standard InChI is InChI=1S/C15H18N2O3/c1-17(10-11-3-2-4-11)15(20)13-7-8-16-9-12(13)5-6-14(18)19/h5-9,11H,2-4,10H2,1H3,(H,18,19). The van der Waals surface area contributed by atoms with Crippen LogP contribution in [0.3, 0.4) is 0 Å². The van der Waals surface area contributed by atoms with Gasteiger partial charge in [-0.25, -0.2) is 4.79 Å². The lowest BCUT2D eigenvalue weighted by Gasteiger charge is -2.30. The van der Waals surface area contributed by atoms with E-state index in [1.54, 1.807) is 24.2 Å². The van der Waals surface area contributed by atoms with E-state index in [2.05, 4.69) is 4.98 Å². The lowest BCUT2D eigenvalue weighted by Crippen LogP contribution is -2.34. The van der Waals surface area contributed by atoms with Crippen molar-refractivity contribution in [2.45, 2.75) is 19.3 Å². The van der Waals surface area contributed by atoms with Crippen molar-refractivity contribution in [3.63, 3.8) is 0 Å². The Morgan fingerprint density at radius 3 is 2.85 bits per heavy atom. The van der Waals surface area contributed by atoms with Crippen molar-refractivity contribution < 1.29 is 14.7 Å². The first kappa shape index (κ1) is 14.2. The number of hydrogen-bond donors (Lipinski definition) is 1. The molecule has 0 radical (unpaired) electrons. The van der Waals surface area contributed by atoms with Gasteiger partial charge in [-0.15, -0.1) is 0 Å². The summed E-state index contributed by atoms with van der Waals surface area (Å²) in [6.45, 7) is 0.753. The predicted molar refractivity (Wildman–Crippen MR) is 75.2 cm³/mol. The summed E-state index contributed by atoms with van der Waals surface area (Å²) < 4.78 is 0. The Labute approximate surface area is 117 Å². The number of carboxylic acids is 1. The number of amides is 1. The molecule has 1 saturated carbocycles. The second kappa shape index (κ2) is 6.32. The molecule has 2 rings (SSSR count). The SMILES string of the molecule is CN(CC1CCC1)C(=O)c1ccncc1C=CC(=O)O. The molecule has 1 aromatic heterocycles. The molecule has 5 nitrogen and oxygen atoms in total. The Hall–Kier alpha value is -2.17. The Morgan fingerprint density at radius 1 is 1.50 bits per heavy atom. The normalized spacial score (nSPS) is 15.1. The molecule has 20 heavy (non-hydrogen) atoms. The minimum absolute atomic E-state index is 0.0932. The molecule has 5 heteroatoms. The predicted octanol–water partition coefficient (Wildman–Crippen LogP) is 2.05. The van der Waals surface area contributed by atoms with Gasteiger partial charge in [0.2, 0.25) is 0 Å².